The maximum Gasteiger partial charge on any atom is 0.328 e. The molecule has 0 saturated carbocycles. The van der Waals surface area contributed by atoms with Crippen molar-refractivity contribution in [2.45, 2.75) is 19.3 Å². The Balaban J connectivity index is 1.84. The molecule has 2 rings (SSSR count). The van der Waals surface area contributed by atoms with Gasteiger partial charge >= 0.3 is 5.97 Å². The first kappa shape index (κ1) is 15.3. The Bertz CT molecular complexity index is 517. The van der Waals surface area contributed by atoms with Crippen LogP contribution in [0.15, 0.2) is 30.3 Å². The van der Waals surface area contributed by atoms with Gasteiger partial charge in [0.15, 0.2) is 0 Å². The average Bonchev–Trinajstić information content (AvgIpc) is 2.47. The molecule has 1 aliphatic rings. The maximum absolute atomic E-state index is 12.0. The summed E-state index contributed by atoms with van der Waals surface area (Å²) in [6.45, 7) is 1.98. The molecule has 112 valence electrons. The van der Waals surface area contributed by atoms with E-state index in [9.17, 15) is 9.59 Å². The second kappa shape index (κ2) is 7.59. The van der Waals surface area contributed by atoms with E-state index in [1.54, 1.807) is 24.3 Å². The number of aliphatic carboxylic acids is 1. The first-order valence-electron chi connectivity index (χ1n) is 7.15. The SMILES string of the molecule is O=C(O)/C=C/c1ccc(NC(=O)CC2CCNCC2)cc1. The third-order valence-electron chi connectivity index (χ3n) is 3.55. The molecule has 1 heterocycles. The summed E-state index contributed by atoms with van der Waals surface area (Å²) in [6.07, 6.45) is 5.26. The Morgan fingerprint density at radius 1 is 1.24 bits per heavy atom. The summed E-state index contributed by atoms with van der Waals surface area (Å²) in [7, 11) is 0. The topological polar surface area (TPSA) is 78.4 Å². The van der Waals surface area contributed by atoms with Crippen molar-refractivity contribution in [3.05, 3.63) is 35.9 Å². The predicted molar refractivity (Wildman–Crippen MR) is 82.0 cm³/mol. The molecule has 0 atom stereocenters. The van der Waals surface area contributed by atoms with Gasteiger partial charge < -0.3 is 15.7 Å². The van der Waals surface area contributed by atoms with E-state index in [1.807, 2.05) is 0 Å². The quantitative estimate of drug-likeness (QED) is 0.725. The van der Waals surface area contributed by atoms with Gasteiger partial charge in [-0.15, -0.1) is 0 Å². The van der Waals surface area contributed by atoms with Crippen LogP contribution in [0.1, 0.15) is 24.8 Å². The molecule has 21 heavy (non-hydrogen) atoms. The van der Waals surface area contributed by atoms with Crippen molar-refractivity contribution in [3.63, 3.8) is 0 Å². The van der Waals surface area contributed by atoms with Crippen LogP contribution < -0.4 is 10.6 Å². The molecule has 5 nitrogen and oxygen atoms in total. The highest BCUT2D eigenvalue weighted by Gasteiger charge is 2.16. The van der Waals surface area contributed by atoms with Crippen molar-refractivity contribution >= 4 is 23.6 Å². The van der Waals surface area contributed by atoms with E-state index in [-0.39, 0.29) is 5.91 Å². The van der Waals surface area contributed by atoms with E-state index < -0.39 is 5.97 Å². The van der Waals surface area contributed by atoms with Gasteiger partial charge in [0, 0.05) is 18.2 Å². The van der Waals surface area contributed by atoms with Crippen LogP contribution >= 0.6 is 0 Å². The zero-order valence-electron chi connectivity index (χ0n) is 11.8. The van der Waals surface area contributed by atoms with Crippen molar-refractivity contribution in [3.8, 4) is 0 Å². The van der Waals surface area contributed by atoms with Gasteiger partial charge in [0.1, 0.15) is 0 Å². The highest BCUT2D eigenvalue weighted by Crippen LogP contribution is 2.17. The zero-order chi connectivity index (χ0) is 15.1. The van der Waals surface area contributed by atoms with Crippen molar-refractivity contribution in [2.75, 3.05) is 18.4 Å². The number of rotatable bonds is 5. The summed E-state index contributed by atoms with van der Waals surface area (Å²) in [5.41, 5.74) is 1.52. The summed E-state index contributed by atoms with van der Waals surface area (Å²) in [4.78, 5) is 22.4. The number of piperidine rings is 1. The first-order valence-corrected chi connectivity index (χ1v) is 7.15. The molecule has 1 amide bonds. The van der Waals surface area contributed by atoms with E-state index in [2.05, 4.69) is 10.6 Å². The monoisotopic (exact) mass is 288 g/mol. The molecule has 5 heteroatoms. The highest BCUT2D eigenvalue weighted by atomic mass is 16.4. The van der Waals surface area contributed by atoms with Gasteiger partial charge in [0.2, 0.25) is 5.91 Å². The zero-order valence-corrected chi connectivity index (χ0v) is 11.8. The number of hydrogen-bond acceptors (Lipinski definition) is 3. The minimum Gasteiger partial charge on any atom is -0.478 e. The van der Waals surface area contributed by atoms with Crippen LogP contribution in [0.4, 0.5) is 5.69 Å². The van der Waals surface area contributed by atoms with Crippen molar-refractivity contribution in [2.24, 2.45) is 5.92 Å². The Morgan fingerprint density at radius 2 is 1.90 bits per heavy atom. The summed E-state index contributed by atoms with van der Waals surface area (Å²) in [5, 5.41) is 14.7. The van der Waals surface area contributed by atoms with Crippen molar-refractivity contribution in [1.82, 2.24) is 5.32 Å². The number of hydrogen-bond donors (Lipinski definition) is 3. The maximum atomic E-state index is 12.0. The van der Waals surface area contributed by atoms with Gasteiger partial charge in [-0.3, -0.25) is 4.79 Å². The highest BCUT2D eigenvalue weighted by molar-refractivity contribution is 5.91. The Morgan fingerprint density at radius 3 is 2.52 bits per heavy atom. The normalized spacial score (nSPS) is 16.0. The molecule has 0 unspecified atom stereocenters. The largest absolute Gasteiger partial charge is 0.478 e. The predicted octanol–water partition coefficient (Wildman–Crippen LogP) is 2.11. The molecule has 0 bridgehead atoms. The fourth-order valence-electron chi connectivity index (χ4n) is 2.41. The lowest BCUT2D eigenvalue weighted by Gasteiger charge is -2.21. The van der Waals surface area contributed by atoms with E-state index >= 15 is 0 Å². The standard InChI is InChI=1S/C16H20N2O3/c19-15(11-13-7-9-17-10-8-13)18-14-4-1-12(2-5-14)3-6-16(20)21/h1-6,13,17H,7-11H2,(H,18,19)(H,20,21)/b6-3+. The number of anilines is 1. The lowest BCUT2D eigenvalue weighted by molar-refractivity contribution is -0.131. The fourth-order valence-corrected chi connectivity index (χ4v) is 2.41. The third-order valence-corrected chi connectivity index (χ3v) is 3.55. The fraction of sp³-hybridized carbons (Fsp3) is 0.375. The number of carboxylic acid groups (broad SMARTS) is 1. The van der Waals surface area contributed by atoms with Crippen LogP contribution in [0, 0.1) is 5.92 Å². The molecule has 1 saturated heterocycles. The molecule has 1 aromatic carbocycles. The molecule has 1 aliphatic heterocycles. The van der Waals surface area contributed by atoms with E-state index in [1.165, 1.54) is 6.08 Å². The smallest absolute Gasteiger partial charge is 0.328 e. The minimum absolute atomic E-state index is 0.0377. The van der Waals surface area contributed by atoms with Crippen LogP contribution in [0.25, 0.3) is 6.08 Å². The molecule has 0 aromatic heterocycles. The molecular weight excluding hydrogens is 268 g/mol. The summed E-state index contributed by atoms with van der Waals surface area (Å²) in [6, 6.07) is 7.11. The summed E-state index contributed by atoms with van der Waals surface area (Å²) in [5.74, 6) is -0.478. The Kier molecular flexibility index (Phi) is 5.51. The van der Waals surface area contributed by atoms with Gasteiger partial charge in [-0.1, -0.05) is 12.1 Å². The number of carboxylic acids is 1. The van der Waals surface area contributed by atoms with Gasteiger partial charge in [-0.2, -0.15) is 0 Å². The molecular formula is C16H20N2O3. The number of carbonyl (C=O) groups excluding carboxylic acids is 1. The van der Waals surface area contributed by atoms with Crippen LogP contribution in [0.2, 0.25) is 0 Å². The van der Waals surface area contributed by atoms with Gasteiger partial charge in [0.05, 0.1) is 0 Å². The minimum atomic E-state index is -0.977. The number of benzene rings is 1. The summed E-state index contributed by atoms with van der Waals surface area (Å²) >= 11 is 0. The van der Waals surface area contributed by atoms with Gasteiger partial charge in [-0.05, 0) is 55.6 Å². The van der Waals surface area contributed by atoms with Gasteiger partial charge in [-0.25, -0.2) is 4.79 Å². The second-order valence-electron chi connectivity index (χ2n) is 5.24. The van der Waals surface area contributed by atoms with Crippen molar-refractivity contribution < 1.29 is 14.7 Å². The molecule has 1 fully saturated rings. The number of amides is 1. The number of nitrogens with one attached hydrogen (secondary N) is 2. The second-order valence-corrected chi connectivity index (χ2v) is 5.24. The number of carbonyl (C=O) groups is 2. The van der Waals surface area contributed by atoms with E-state index in [0.29, 0.717) is 12.3 Å². The third kappa shape index (κ3) is 5.39. The van der Waals surface area contributed by atoms with Crippen molar-refractivity contribution in [1.29, 1.82) is 0 Å². The lowest BCUT2D eigenvalue weighted by atomic mass is 9.94. The van der Waals surface area contributed by atoms with E-state index in [4.69, 9.17) is 5.11 Å². The van der Waals surface area contributed by atoms with Gasteiger partial charge in [0.25, 0.3) is 0 Å². The Hall–Kier alpha value is -2.14. The van der Waals surface area contributed by atoms with Crippen LogP contribution in [-0.2, 0) is 9.59 Å². The van der Waals surface area contributed by atoms with Crippen LogP contribution in [0.3, 0.4) is 0 Å². The molecule has 0 spiro atoms. The van der Waals surface area contributed by atoms with Crippen LogP contribution in [-0.4, -0.2) is 30.1 Å². The average molecular weight is 288 g/mol. The van der Waals surface area contributed by atoms with Crippen LogP contribution in [0.5, 0.6) is 0 Å². The molecule has 1 aromatic rings. The first-order chi connectivity index (χ1) is 10.1. The Labute approximate surface area is 124 Å². The molecule has 0 aliphatic carbocycles. The lowest BCUT2D eigenvalue weighted by Crippen LogP contribution is -2.30. The molecule has 0 radical (unpaired) electrons. The molecule has 3 N–H and O–H groups in total. The summed E-state index contributed by atoms with van der Waals surface area (Å²) < 4.78 is 0. The van der Waals surface area contributed by atoms with E-state index in [0.717, 1.165) is 43.3 Å².